The first-order chi connectivity index (χ1) is 23.9. The maximum atomic E-state index is 11.8. The maximum Gasteiger partial charge on any atom is 0.333 e. The molecule has 2 aliphatic rings. The van der Waals surface area contributed by atoms with Crippen LogP contribution in [0.5, 0.6) is 0 Å². The first-order valence-corrected chi connectivity index (χ1v) is 20.0. The molecule has 2 heterocycles. The van der Waals surface area contributed by atoms with Gasteiger partial charge in [-0.3, -0.25) is 19.2 Å². The van der Waals surface area contributed by atoms with Gasteiger partial charge in [-0.25, -0.2) is 9.59 Å². The second-order valence-electron chi connectivity index (χ2n) is 14.1. The molecule has 0 spiro atoms. The van der Waals surface area contributed by atoms with Gasteiger partial charge in [0.05, 0.1) is 0 Å². The van der Waals surface area contributed by atoms with E-state index in [9.17, 15) is 28.8 Å². The average molecular weight is 691 g/mol. The number of amides is 4. The second-order valence-corrected chi connectivity index (χ2v) is 14.1. The first-order valence-electron chi connectivity index (χ1n) is 20.0. The molecule has 10 nitrogen and oxygen atoms in total. The molecule has 49 heavy (non-hydrogen) atoms. The van der Waals surface area contributed by atoms with E-state index in [0.29, 0.717) is 10.1 Å². The highest BCUT2D eigenvalue weighted by molar-refractivity contribution is 6.02. The van der Waals surface area contributed by atoms with Gasteiger partial charge in [0, 0.05) is 38.5 Å². The first kappa shape index (κ1) is 42.4. The number of nitrogens with zero attached hydrogens (tertiary/aromatic N) is 2. The molecule has 2 fully saturated rings. The van der Waals surface area contributed by atoms with Crippen LogP contribution in [-0.4, -0.2) is 45.7 Å². The third-order valence-electron chi connectivity index (χ3n) is 9.66. The van der Waals surface area contributed by atoms with E-state index in [1.54, 1.807) is 0 Å². The quantitative estimate of drug-likeness (QED) is 0.0504. The Morgan fingerprint density at radius 2 is 0.490 bits per heavy atom. The molecule has 0 saturated carbocycles. The molecule has 0 atom stereocenters. The normalized spacial score (nSPS) is 14.8. The molecule has 0 unspecified atom stereocenters. The molecule has 2 aliphatic heterocycles. The number of carbonyl (C=O) groups excluding carboxylic acids is 6. The van der Waals surface area contributed by atoms with Crippen molar-refractivity contribution in [3.63, 3.8) is 0 Å². The van der Waals surface area contributed by atoms with Crippen molar-refractivity contribution in [3.8, 4) is 0 Å². The molecule has 0 N–H and O–H groups in total. The van der Waals surface area contributed by atoms with Crippen LogP contribution in [-0.2, 0) is 38.4 Å². The highest BCUT2D eigenvalue weighted by Gasteiger charge is 2.33. The third-order valence-corrected chi connectivity index (χ3v) is 9.66. The fraction of sp³-hybridized carbons (Fsp3) is 0.846. The zero-order valence-electron chi connectivity index (χ0n) is 30.5. The lowest BCUT2D eigenvalue weighted by molar-refractivity contribution is -0.197. The Morgan fingerprint density at radius 3 is 0.673 bits per heavy atom. The van der Waals surface area contributed by atoms with E-state index in [4.69, 9.17) is 9.68 Å². The van der Waals surface area contributed by atoms with Gasteiger partial charge in [-0.2, -0.15) is 0 Å². The van der Waals surface area contributed by atoms with E-state index in [-0.39, 0.29) is 38.5 Å². The van der Waals surface area contributed by atoms with Crippen LogP contribution in [0.3, 0.4) is 0 Å². The summed E-state index contributed by atoms with van der Waals surface area (Å²) in [6.07, 6.45) is 34.6. The molecule has 280 valence electrons. The fourth-order valence-corrected chi connectivity index (χ4v) is 6.57. The van der Waals surface area contributed by atoms with Crippen molar-refractivity contribution < 1.29 is 38.4 Å². The van der Waals surface area contributed by atoms with E-state index < -0.39 is 35.6 Å². The smallest absolute Gasteiger partial charge is 0.330 e. The van der Waals surface area contributed by atoms with Crippen LogP contribution in [0.25, 0.3) is 0 Å². The molecule has 2 rings (SSSR count). The van der Waals surface area contributed by atoms with Gasteiger partial charge in [-0.1, -0.05) is 161 Å². The number of unbranched alkanes of at least 4 members (excludes halogenated alkanes) is 26. The Balaban J connectivity index is 1.18. The van der Waals surface area contributed by atoms with Crippen LogP contribution in [0.2, 0.25) is 0 Å². The van der Waals surface area contributed by atoms with Crippen LogP contribution < -0.4 is 0 Å². The van der Waals surface area contributed by atoms with Crippen molar-refractivity contribution in [2.24, 2.45) is 0 Å². The Kier molecular flexibility index (Phi) is 24.2. The molecular weight excluding hydrogens is 624 g/mol. The fourth-order valence-electron chi connectivity index (χ4n) is 6.57. The molecule has 2 saturated heterocycles. The second kappa shape index (κ2) is 28.0. The van der Waals surface area contributed by atoms with Crippen molar-refractivity contribution in [1.29, 1.82) is 0 Å². The van der Waals surface area contributed by atoms with E-state index in [1.807, 2.05) is 0 Å². The average Bonchev–Trinajstić information content (AvgIpc) is 3.57. The molecule has 0 aromatic carbocycles. The van der Waals surface area contributed by atoms with Crippen molar-refractivity contribution in [1.82, 2.24) is 10.1 Å². The van der Waals surface area contributed by atoms with Crippen LogP contribution in [0.1, 0.15) is 212 Å². The lowest BCUT2D eigenvalue weighted by Crippen LogP contribution is -2.31. The predicted octanol–water partition coefficient (Wildman–Crippen LogP) is 9.51. The number of hydrogen-bond donors (Lipinski definition) is 0. The van der Waals surface area contributed by atoms with Gasteiger partial charge < -0.3 is 9.68 Å². The topological polar surface area (TPSA) is 127 Å². The lowest BCUT2D eigenvalue weighted by Gasteiger charge is -2.12. The minimum atomic E-state index is -0.489. The summed E-state index contributed by atoms with van der Waals surface area (Å²) in [4.78, 5) is 79.3. The van der Waals surface area contributed by atoms with Crippen LogP contribution >= 0.6 is 0 Å². The van der Waals surface area contributed by atoms with Crippen molar-refractivity contribution in [2.45, 2.75) is 212 Å². The lowest BCUT2D eigenvalue weighted by atomic mass is 10.0. The number of hydrogen-bond acceptors (Lipinski definition) is 8. The number of hydroxylamine groups is 4. The Morgan fingerprint density at radius 1 is 0.327 bits per heavy atom. The summed E-state index contributed by atoms with van der Waals surface area (Å²) in [5.74, 6) is -2.66. The van der Waals surface area contributed by atoms with Crippen LogP contribution in [0.15, 0.2) is 0 Å². The summed E-state index contributed by atoms with van der Waals surface area (Å²) in [5.41, 5.74) is 0. The largest absolute Gasteiger partial charge is 0.333 e. The molecule has 10 heteroatoms. The summed E-state index contributed by atoms with van der Waals surface area (Å²) in [6.45, 7) is 0. The minimum Gasteiger partial charge on any atom is -0.330 e. The zero-order chi connectivity index (χ0) is 35.4. The maximum absolute atomic E-state index is 11.8. The molecule has 0 bridgehead atoms. The third kappa shape index (κ3) is 21.1. The number of rotatable bonds is 32. The van der Waals surface area contributed by atoms with Gasteiger partial charge in [0.2, 0.25) is 0 Å². The van der Waals surface area contributed by atoms with Gasteiger partial charge in [-0.05, 0) is 12.8 Å². The predicted molar refractivity (Wildman–Crippen MR) is 188 cm³/mol. The SMILES string of the molecule is O=C(CCCCCCCCCCCCCCCCCCCCCCCCCCCCCC(=O)ON1C(=O)CCC1=O)ON1C(=O)CCC1=O. The van der Waals surface area contributed by atoms with Crippen molar-refractivity contribution in [2.75, 3.05) is 0 Å². The Bertz CT molecular complexity index is 876. The zero-order valence-corrected chi connectivity index (χ0v) is 30.5. The molecule has 4 amide bonds. The molecular formula is C39H66N2O8. The van der Waals surface area contributed by atoms with Gasteiger partial charge in [-0.15, -0.1) is 10.1 Å². The number of imide groups is 2. The van der Waals surface area contributed by atoms with E-state index in [0.717, 1.165) is 38.5 Å². The molecule has 0 aromatic heterocycles. The van der Waals surface area contributed by atoms with Crippen LogP contribution in [0.4, 0.5) is 0 Å². The minimum absolute atomic E-state index is 0.131. The van der Waals surface area contributed by atoms with Crippen molar-refractivity contribution >= 4 is 35.6 Å². The Hall–Kier alpha value is -2.78. The summed E-state index contributed by atoms with van der Waals surface area (Å²) in [7, 11) is 0. The highest BCUT2D eigenvalue weighted by Crippen LogP contribution is 2.18. The summed E-state index contributed by atoms with van der Waals surface area (Å²) in [6, 6.07) is 0. The van der Waals surface area contributed by atoms with Crippen LogP contribution in [0, 0.1) is 0 Å². The van der Waals surface area contributed by atoms with Gasteiger partial charge in [0.15, 0.2) is 0 Å². The molecule has 0 aromatic rings. The summed E-state index contributed by atoms with van der Waals surface area (Å²) in [5, 5.41) is 1.26. The number of carbonyl (C=O) groups is 6. The standard InChI is InChI=1S/C39H66N2O8/c42-34-30-31-35(43)40(34)48-38(46)28-26-24-22-20-18-16-14-12-10-8-6-4-2-1-3-5-7-9-11-13-15-17-19-21-23-25-27-29-39(47)49-41-36(44)32-33-37(41)45/h1-33H2. The van der Waals surface area contributed by atoms with Gasteiger partial charge >= 0.3 is 11.9 Å². The highest BCUT2D eigenvalue weighted by atomic mass is 16.7. The van der Waals surface area contributed by atoms with Crippen molar-refractivity contribution in [3.05, 3.63) is 0 Å². The van der Waals surface area contributed by atoms with E-state index in [1.165, 1.54) is 135 Å². The van der Waals surface area contributed by atoms with E-state index >= 15 is 0 Å². The Labute approximate surface area is 295 Å². The summed E-state index contributed by atoms with van der Waals surface area (Å²) >= 11 is 0. The monoisotopic (exact) mass is 690 g/mol. The van der Waals surface area contributed by atoms with Gasteiger partial charge in [0.25, 0.3) is 23.6 Å². The molecule has 0 radical (unpaired) electrons. The van der Waals surface area contributed by atoms with E-state index in [2.05, 4.69) is 0 Å². The molecule has 0 aliphatic carbocycles. The van der Waals surface area contributed by atoms with Gasteiger partial charge in [0.1, 0.15) is 0 Å². The summed E-state index contributed by atoms with van der Waals surface area (Å²) < 4.78 is 0.